The number of hydrogen-bond acceptors (Lipinski definition) is 4. The molecule has 5 rings (SSSR count). The first-order valence-corrected chi connectivity index (χ1v) is 14.3. The van der Waals surface area contributed by atoms with Gasteiger partial charge in [0.25, 0.3) is 0 Å². The van der Waals surface area contributed by atoms with Crippen molar-refractivity contribution in [2.24, 2.45) is 5.92 Å². The van der Waals surface area contributed by atoms with E-state index in [9.17, 15) is 0 Å². The zero-order chi connectivity index (χ0) is 25.9. The van der Waals surface area contributed by atoms with E-state index in [0.717, 1.165) is 34.7 Å². The van der Waals surface area contributed by atoms with Crippen LogP contribution in [0.3, 0.4) is 0 Å². The molecule has 2 aromatic carbocycles. The van der Waals surface area contributed by atoms with Crippen molar-refractivity contribution in [1.29, 1.82) is 0 Å². The number of aryl methyl sites for hydroxylation is 1. The third kappa shape index (κ3) is 5.53. The van der Waals surface area contributed by atoms with Gasteiger partial charge in [-0.2, -0.15) is 0 Å². The van der Waals surface area contributed by atoms with Gasteiger partial charge in [0.1, 0.15) is 0 Å². The first kappa shape index (κ1) is 26.1. The van der Waals surface area contributed by atoms with Crippen molar-refractivity contribution >= 4 is 10.9 Å². The molecule has 3 heterocycles. The molecule has 3 aromatic rings. The van der Waals surface area contributed by atoms with Crippen LogP contribution in [0.25, 0.3) is 22.2 Å². The van der Waals surface area contributed by atoms with Crippen LogP contribution in [0.5, 0.6) is 11.5 Å². The smallest absolute Gasteiger partial charge is 0.161 e. The molecule has 1 atom stereocenters. The molecule has 2 saturated heterocycles. The fourth-order valence-electron chi connectivity index (χ4n) is 6.51. The molecule has 5 nitrogen and oxygen atoms in total. The maximum absolute atomic E-state index is 5.54. The lowest BCUT2D eigenvalue weighted by molar-refractivity contribution is 0.0815. The van der Waals surface area contributed by atoms with Crippen LogP contribution in [-0.4, -0.2) is 67.8 Å². The van der Waals surface area contributed by atoms with Crippen molar-refractivity contribution in [2.45, 2.75) is 64.8 Å². The molecule has 2 aliphatic rings. The van der Waals surface area contributed by atoms with Gasteiger partial charge in [-0.15, -0.1) is 0 Å². The lowest BCUT2D eigenvalue weighted by Gasteiger charge is -2.42. The topological polar surface area (TPSA) is 40.7 Å². The summed E-state index contributed by atoms with van der Waals surface area (Å²) in [6, 6.07) is 14.0. The first-order valence-electron chi connectivity index (χ1n) is 14.3. The molecule has 1 aromatic heterocycles. The first-order chi connectivity index (χ1) is 18.0. The predicted molar refractivity (Wildman–Crippen MR) is 154 cm³/mol. The van der Waals surface area contributed by atoms with E-state index >= 15 is 0 Å². The van der Waals surface area contributed by atoms with Crippen LogP contribution in [0, 0.1) is 12.8 Å². The molecule has 200 valence electrons. The number of hydrogen-bond donors (Lipinski definition) is 1. The molecule has 37 heavy (non-hydrogen) atoms. The number of nitrogens with one attached hydrogen (secondary N) is 1. The summed E-state index contributed by atoms with van der Waals surface area (Å²) in [5, 5.41) is 1.33. The summed E-state index contributed by atoms with van der Waals surface area (Å²) in [5.74, 6) is 2.99. The second kappa shape index (κ2) is 11.5. The molecular weight excluding hydrogens is 458 g/mol. The van der Waals surface area contributed by atoms with E-state index in [4.69, 9.17) is 9.47 Å². The standard InChI is InChI=1S/C32H45N3O2/c1-6-22(2)21-34-15-13-27(14-16-34)35-17-11-24(12-18-35)25-7-9-29-28(19-25)23(3)32(33-29)26-8-10-30(36-4)31(20-26)37-5/h7-10,19-20,22,24,27,33H,6,11-18,21H2,1-5H3. The van der Waals surface area contributed by atoms with Gasteiger partial charge in [-0.3, -0.25) is 0 Å². The molecule has 0 radical (unpaired) electrons. The van der Waals surface area contributed by atoms with Crippen molar-refractivity contribution in [3.63, 3.8) is 0 Å². The highest BCUT2D eigenvalue weighted by Gasteiger charge is 2.29. The van der Waals surface area contributed by atoms with Gasteiger partial charge in [-0.1, -0.05) is 26.3 Å². The number of aromatic amines is 1. The van der Waals surface area contributed by atoms with E-state index in [1.54, 1.807) is 14.2 Å². The Morgan fingerprint density at radius 2 is 1.65 bits per heavy atom. The van der Waals surface area contributed by atoms with E-state index in [1.807, 2.05) is 6.07 Å². The van der Waals surface area contributed by atoms with Gasteiger partial charge in [0.15, 0.2) is 11.5 Å². The molecule has 0 aliphatic carbocycles. The summed E-state index contributed by atoms with van der Waals surface area (Å²) >= 11 is 0. The Balaban J connectivity index is 1.24. The largest absolute Gasteiger partial charge is 0.493 e. The Hall–Kier alpha value is -2.50. The van der Waals surface area contributed by atoms with Gasteiger partial charge in [-0.25, -0.2) is 0 Å². The Kier molecular flexibility index (Phi) is 8.11. The van der Waals surface area contributed by atoms with Gasteiger partial charge >= 0.3 is 0 Å². The quantitative estimate of drug-likeness (QED) is 0.365. The Morgan fingerprint density at radius 1 is 0.919 bits per heavy atom. The highest BCUT2D eigenvalue weighted by Crippen LogP contribution is 2.38. The lowest BCUT2D eigenvalue weighted by atomic mass is 9.87. The van der Waals surface area contributed by atoms with E-state index in [-0.39, 0.29) is 0 Å². The van der Waals surface area contributed by atoms with Crippen molar-refractivity contribution in [2.75, 3.05) is 46.9 Å². The summed E-state index contributed by atoms with van der Waals surface area (Å²) in [6.07, 6.45) is 6.51. The minimum Gasteiger partial charge on any atom is -0.493 e. The van der Waals surface area contributed by atoms with E-state index < -0.39 is 0 Å². The molecular formula is C32H45N3O2. The average molecular weight is 504 g/mol. The number of rotatable bonds is 8. The number of benzene rings is 2. The predicted octanol–water partition coefficient (Wildman–Crippen LogP) is 6.85. The highest BCUT2D eigenvalue weighted by atomic mass is 16.5. The number of piperidine rings is 2. The Bertz CT molecular complexity index is 1190. The van der Waals surface area contributed by atoms with Gasteiger partial charge in [0.05, 0.1) is 14.2 Å². The van der Waals surface area contributed by atoms with Crippen molar-refractivity contribution < 1.29 is 9.47 Å². The third-order valence-corrected chi connectivity index (χ3v) is 9.10. The summed E-state index contributed by atoms with van der Waals surface area (Å²) in [5.41, 5.74) is 6.27. The summed E-state index contributed by atoms with van der Waals surface area (Å²) < 4.78 is 11.0. The highest BCUT2D eigenvalue weighted by molar-refractivity contribution is 5.91. The molecule has 1 N–H and O–H groups in total. The molecule has 0 saturated carbocycles. The van der Waals surface area contributed by atoms with Crippen LogP contribution in [0.15, 0.2) is 36.4 Å². The zero-order valence-electron chi connectivity index (χ0n) is 23.5. The number of nitrogens with zero attached hydrogens (tertiary/aromatic N) is 2. The van der Waals surface area contributed by atoms with Crippen LogP contribution in [0.4, 0.5) is 0 Å². The van der Waals surface area contributed by atoms with E-state index in [2.05, 4.69) is 65.9 Å². The SMILES string of the molecule is CCC(C)CN1CCC(N2CCC(c3ccc4[nH]c(-c5ccc(OC)c(OC)c5)c(C)c4c3)CC2)CC1. The molecule has 2 fully saturated rings. The van der Waals surface area contributed by atoms with Gasteiger partial charge in [-0.05, 0) is 112 Å². The zero-order valence-corrected chi connectivity index (χ0v) is 23.5. The second-order valence-electron chi connectivity index (χ2n) is 11.4. The fraction of sp³-hybridized carbons (Fsp3) is 0.562. The van der Waals surface area contributed by atoms with Gasteiger partial charge in [0, 0.05) is 34.7 Å². The number of likely N-dealkylation sites (tertiary alicyclic amines) is 2. The van der Waals surface area contributed by atoms with Crippen LogP contribution in [-0.2, 0) is 0 Å². The summed E-state index contributed by atoms with van der Waals surface area (Å²) in [6.45, 7) is 13.2. The number of aromatic nitrogens is 1. The monoisotopic (exact) mass is 503 g/mol. The summed E-state index contributed by atoms with van der Waals surface area (Å²) in [4.78, 5) is 9.15. The molecule has 1 unspecified atom stereocenters. The lowest BCUT2D eigenvalue weighted by Crippen LogP contribution is -2.48. The van der Waals surface area contributed by atoms with Gasteiger partial charge < -0.3 is 24.3 Å². The minimum absolute atomic E-state index is 0.657. The number of H-pyrrole nitrogens is 1. The minimum atomic E-state index is 0.657. The van der Waals surface area contributed by atoms with Crippen molar-refractivity contribution in [3.05, 3.63) is 47.5 Å². The Morgan fingerprint density at radius 3 is 2.32 bits per heavy atom. The van der Waals surface area contributed by atoms with Crippen molar-refractivity contribution in [3.8, 4) is 22.8 Å². The Labute approximate surface area is 223 Å². The van der Waals surface area contributed by atoms with Crippen molar-refractivity contribution in [1.82, 2.24) is 14.8 Å². The number of fused-ring (bicyclic) bond motifs is 1. The third-order valence-electron chi connectivity index (χ3n) is 9.10. The van der Waals surface area contributed by atoms with Crippen LogP contribution < -0.4 is 9.47 Å². The average Bonchev–Trinajstić information content (AvgIpc) is 3.28. The maximum atomic E-state index is 5.54. The fourth-order valence-corrected chi connectivity index (χ4v) is 6.51. The van der Waals surface area contributed by atoms with E-state index in [0.29, 0.717) is 5.92 Å². The second-order valence-corrected chi connectivity index (χ2v) is 11.4. The maximum Gasteiger partial charge on any atom is 0.161 e. The van der Waals surface area contributed by atoms with E-state index in [1.165, 1.54) is 86.9 Å². The van der Waals surface area contributed by atoms with Crippen LogP contribution in [0.2, 0.25) is 0 Å². The van der Waals surface area contributed by atoms with Crippen LogP contribution >= 0.6 is 0 Å². The van der Waals surface area contributed by atoms with Crippen LogP contribution in [0.1, 0.15) is 63.0 Å². The van der Waals surface area contributed by atoms with Gasteiger partial charge in [0.2, 0.25) is 0 Å². The molecule has 2 aliphatic heterocycles. The molecule has 0 spiro atoms. The normalized spacial score (nSPS) is 19.4. The number of ether oxygens (including phenoxy) is 2. The number of methoxy groups -OCH3 is 2. The molecule has 0 amide bonds. The molecule has 0 bridgehead atoms. The molecule has 5 heteroatoms. The summed E-state index contributed by atoms with van der Waals surface area (Å²) in [7, 11) is 3.36.